The number of hydrogen-bond acceptors (Lipinski definition) is 0. The van der Waals surface area contributed by atoms with Crippen LogP contribution in [0.3, 0.4) is 0 Å². The van der Waals surface area contributed by atoms with Gasteiger partial charge in [-0.2, -0.15) is 0 Å². The van der Waals surface area contributed by atoms with Crippen LogP contribution in [0, 0.1) is 29.6 Å². The summed E-state index contributed by atoms with van der Waals surface area (Å²) in [6.45, 7) is 16.7. The van der Waals surface area contributed by atoms with Crippen LogP contribution in [0.1, 0.15) is 87.0 Å². The third kappa shape index (κ3) is 7.44. The van der Waals surface area contributed by atoms with Crippen molar-refractivity contribution in [3.63, 3.8) is 0 Å². The molecule has 0 fully saturated rings. The van der Waals surface area contributed by atoms with E-state index in [-0.39, 0.29) is 0 Å². The van der Waals surface area contributed by atoms with Crippen LogP contribution in [-0.2, 0) is 0 Å². The summed E-state index contributed by atoms with van der Waals surface area (Å²) in [6, 6.07) is 0. The molecular formula is C18H38. The minimum atomic E-state index is 0.844. The second-order valence-corrected chi connectivity index (χ2v) is 7.07. The highest BCUT2D eigenvalue weighted by atomic mass is 14.2. The van der Waals surface area contributed by atoms with Crippen molar-refractivity contribution in [1.29, 1.82) is 0 Å². The molecule has 0 aliphatic carbocycles. The van der Waals surface area contributed by atoms with Crippen LogP contribution in [0.15, 0.2) is 0 Å². The first-order valence-corrected chi connectivity index (χ1v) is 8.42. The SMILES string of the molecule is CCCC(C)CC(C)C(CC)CCC(C)C(C)C. The molecule has 0 saturated heterocycles. The van der Waals surface area contributed by atoms with Crippen LogP contribution in [0.25, 0.3) is 0 Å². The molecule has 0 rings (SSSR count). The average molecular weight is 255 g/mol. The zero-order valence-electron chi connectivity index (χ0n) is 14.1. The zero-order chi connectivity index (χ0) is 14.1. The van der Waals surface area contributed by atoms with Crippen molar-refractivity contribution >= 4 is 0 Å². The van der Waals surface area contributed by atoms with E-state index >= 15 is 0 Å². The first kappa shape index (κ1) is 18.0. The van der Waals surface area contributed by atoms with Crippen molar-refractivity contribution in [3.05, 3.63) is 0 Å². The molecular weight excluding hydrogens is 216 g/mol. The van der Waals surface area contributed by atoms with Crippen molar-refractivity contribution in [2.75, 3.05) is 0 Å². The van der Waals surface area contributed by atoms with Gasteiger partial charge in [0, 0.05) is 0 Å². The lowest BCUT2D eigenvalue weighted by atomic mass is 9.79. The summed E-state index contributed by atoms with van der Waals surface area (Å²) < 4.78 is 0. The topological polar surface area (TPSA) is 0 Å². The maximum absolute atomic E-state index is 2.49. The van der Waals surface area contributed by atoms with Crippen molar-refractivity contribution in [3.8, 4) is 0 Å². The fourth-order valence-corrected chi connectivity index (χ4v) is 3.14. The molecule has 4 unspecified atom stereocenters. The molecule has 0 heteroatoms. The Hall–Kier alpha value is 0. The van der Waals surface area contributed by atoms with E-state index < -0.39 is 0 Å². The number of hydrogen-bond donors (Lipinski definition) is 0. The summed E-state index contributed by atoms with van der Waals surface area (Å²) in [7, 11) is 0. The average Bonchev–Trinajstić information content (AvgIpc) is 2.29. The molecule has 4 atom stereocenters. The lowest BCUT2D eigenvalue weighted by Gasteiger charge is -2.27. The Kier molecular flexibility index (Phi) is 9.87. The maximum Gasteiger partial charge on any atom is -0.0391 e. The Morgan fingerprint density at radius 1 is 0.722 bits per heavy atom. The Labute approximate surface area is 117 Å². The Balaban J connectivity index is 4.06. The minimum absolute atomic E-state index is 0.844. The summed E-state index contributed by atoms with van der Waals surface area (Å²) in [6.07, 6.45) is 8.41. The molecule has 0 nitrogen and oxygen atoms in total. The standard InChI is InChI=1S/C18H38/c1-8-10-15(5)13-17(7)18(9-2)12-11-16(6)14(3)4/h14-18H,8-13H2,1-7H3. The molecule has 0 heterocycles. The normalized spacial score (nSPS) is 18.7. The zero-order valence-corrected chi connectivity index (χ0v) is 14.1. The molecule has 0 amide bonds. The smallest absolute Gasteiger partial charge is 0.0391 e. The van der Waals surface area contributed by atoms with E-state index in [0.717, 1.165) is 29.6 Å². The fourth-order valence-electron chi connectivity index (χ4n) is 3.14. The second kappa shape index (κ2) is 9.87. The van der Waals surface area contributed by atoms with Crippen molar-refractivity contribution in [2.24, 2.45) is 29.6 Å². The Bertz CT molecular complexity index is 182. The molecule has 0 radical (unpaired) electrons. The molecule has 0 aromatic carbocycles. The van der Waals surface area contributed by atoms with Gasteiger partial charge < -0.3 is 0 Å². The summed E-state index contributed by atoms with van der Waals surface area (Å²) in [5.74, 6) is 4.51. The van der Waals surface area contributed by atoms with E-state index in [1.807, 2.05) is 0 Å². The first-order chi connectivity index (χ1) is 8.42. The van der Waals surface area contributed by atoms with Gasteiger partial charge in [-0.25, -0.2) is 0 Å². The summed E-state index contributed by atoms with van der Waals surface area (Å²) in [5, 5.41) is 0. The van der Waals surface area contributed by atoms with Gasteiger partial charge in [0.2, 0.25) is 0 Å². The molecule has 0 aliphatic rings. The number of rotatable bonds is 10. The van der Waals surface area contributed by atoms with Crippen molar-refractivity contribution in [2.45, 2.75) is 87.0 Å². The van der Waals surface area contributed by atoms with Crippen LogP contribution in [0.4, 0.5) is 0 Å². The summed E-state index contributed by atoms with van der Waals surface area (Å²) >= 11 is 0. The van der Waals surface area contributed by atoms with E-state index in [1.165, 1.54) is 38.5 Å². The minimum Gasteiger partial charge on any atom is -0.0654 e. The third-order valence-corrected chi connectivity index (χ3v) is 5.02. The van der Waals surface area contributed by atoms with Crippen molar-refractivity contribution in [1.82, 2.24) is 0 Å². The van der Waals surface area contributed by atoms with Crippen LogP contribution in [-0.4, -0.2) is 0 Å². The molecule has 110 valence electrons. The highest BCUT2D eigenvalue weighted by Gasteiger charge is 2.19. The van der Waals surface area contributed by atoms with Crippen LogP contribution in [0.2, 0.25) is 0 Å². The van der Waals surface area contributed by atoms with Crippen LogP contribution >= 0.6 is 0 Å². The summed E-state index contributed by atoms with van der Waals surface area (Å²) in [4.78, 5) is 0. The Morgan fingerprint density at radius 3 is 1.78 bits per heavy atom. The first-order valence-electron chi connectivity index (χ1n) is 8.42. The van der Waals surface area contributed by atoms with E-state index in [2.05, 4.69) is 48.5 Å². The second-order valence-electron chi connectivity index (χ2n) is 7.07. The summed E-state index contributed by atoms with van der Waals surface area (Å²) in [5.41, 5.74) is 0. The van der Waals surface area contributed by atoms with Gasteiger partial charge in [0.1, 0.15) is 0 Å². The highest BCUT2D eigenvalue weighted by Crippen LogP contribution is 2.30. The van der Waals surface area contributed by atoms with Crippen LogP contribution in [0.5, 0.6) is 0 Å². The molecule has 0 aromatic heterocycles. The van der Waals surface area contributed by atoms with E-state index in [4.69, 9.17) is 0 Å². The molecule has 0 bridgehead atoms. The predicted molar refractivity (Wildman–Crippen MR) is 84.9 cm³/mol. The molecule has 0 N–H and O–H groups in total. The maximum atomic E-state index is 2.49. The van der Waals surface area contributed by atoms with E-state index in [9.17, 15) is 0 Å². The van der Waals surface area contributed by atoms with Gasteiger partial charge in [-0.3, -0.25) is 0 Å². The lowest BCUT2D eigenvalue weighted by molar-refractivity contribution is 0.241. The van der Waals surface area contributed by atoms with Gasteiger partial charge in [0.25, 0.3) is 0 Å². The highest BCUT2D eigenvalue weighted by molar-refractivity contribution is 4.70. The van der Waals surface area contributed by atoms with Gasteiger partial charge in [-0.05, 0) is 42.4 Å². The third-order valence-electron chi connectivity index (χ3n) is 5.02. The predicted octanol–water partition coefficient (Wildman–Crippen LogP) is 6.55. The molecule has 18 heavy (non-hydrogen) atoms. The van der Waals surface area contributed by atoms with Crippen LogP contribution < -0.4 is 0 Å². The van der Waals surface area contributed by atoms with Gasteiger partial charge in [-0.1, -0.05) is 74.1 Å². The van der Waals surface area contributed by atoms with Gasteiger partial charge in [0.15, 0.2) is 0 Å². The van der Waals surface area contributed by atoms with Gasteiger partial charge in [-0.15, -0.1) is 0 Å². The molecule has 0 spiro atoms. The van der Waals surface area contributed by atoms with Crippen molar-refractivity contribution < 1.29 is 0 Å². The van der Waals surface area contributed by atoms with E-state index in [0.29, 0.717) is 0 Å². The Morgan fingerprint density at radius 2 is 1.33 bits per heavy atom. The molecule has 0 aromatic rings. The lowest BCUT2D eigenvalue weighted by Crippen LogP contribution is -2.16. The van der Waals surface area contributed by atoms with Gasteiger partial charge in [0.05, 0.1) is 0 Å². The quantitative estimate of drug-likeness (QED) is 0.415. The molecule has 0 saturated carbocycles. The fraction of sp³-hybridized carbons (Fsp3) is 1.00. The molecule has 0 aliphatic heterocycles. The largest absolute Gasteiger partial charge is 0.0654 e. The van der Waals surface area contributed by atoms with E-state index in [1.54, 1.807) is 0 Å². The monoisotopic (exact) mass is 254 g/mol. The van der Waals surface area contributed by atoms with Gasteiger partial charge >= 0.3 is 0 Å².